The Kier molecular flexibility index (Phi) is 3.22. The van der Waals surface area contributed by atoms with Gasteiger partial charge in [0.2, 0.25) is 0 Å². The number of aryl methyl sites for hydroxylation is 2. The molecule has 0 saturated heterocycles. The minimum atomic E-state index is -1.09. The highest BCUT2D eigenvalue weighted by Crippen LogP contribution is 2.08. The zero-order valence-electron chi connectivity index (χ0n) is 10.1. The first kappa shape index (κ1) is 12.0. The van der Waals surface area contributed by atoms with E-state index < -0.39 is 5.97 Å². The third-order valence-corrected chi connectivity index (χ3v) is 2.58. The van der Waals surface area contributed by atoms with Crippen LogP contribution in [0.2, 0.25) is 0 Å². The molecule has 7 nitrogen and oxygen atoms in total. The predicted octanol–water partition coefficient (Wildman–Crippen LogP) is 0.829. The number of aromatic nitrogens is 4. The van der Waals surface area contributed by atoms with Crippen molar-refractivity contribution in [1.29, 1.82) is 0 Å². The highest BCUT2D eigenvalue weighted by molar-refractivity contribution is 5.84. The zero-order chi connectivity index (χ0) is 13.1. The maximum atomic E-state index is 10.6. The molecule has 0 aliphatic rings. The van der Waals surface area contributed by atoms with E-state index in [1.807, 2.05) is 14.0 Å². The van der Waals surface area contributed by atoms with E-state index >= 15 is 0 Å². The van der Waals surface area contributed by atoms with Gasteiger partial charge in [0.25, 0.3) is 0 Å². The smallest absolute Gasteiger partial charge is 0.356 e. The molecule has 2 heterocycles. The first-order valence-corrected chi connectivity index (χ1v) is 5.34. The Morgan fingerprint density at radius 2 is 2.17 bits per heavy atom. The number of aromatic carboxylic acids is 1. The second-order valence-electron chi connectivity index (χ2n) is 3.84. The number of nitrogens with zero attached hydrogens (tertiary/aromatic N) is 4. The molecular formula is C11H13N5O2. The van der Waals surface area contributed by atoms with Crippen LogP contribution in [-0.2, 0) is 13.6 Å². The average Bonchev–Trinajstić information content (AvgIpc) is 2.67. The van der Waals surface area contributed by atoms with Crippen LogP contribution in [0.25, 0.3) is 0 Å². The lowest BCUT2D eigenvalue weighted by molar-refractivity contribution is 0.0690. The second-order valence-corrected chi connectivity index (χ2v) is 3.84. The quantitative estimate of drug-likeness (QED) is 0.831. The van der Waals surface area contributed by atoms with Crippen molar-refractivity contribution in [2.45, 2.75) is 13.5 Å². The molecule has 0 spiro atoms. The lowest BCUT2D eigenvalue weighted by Crippen LogP contribution is -2.09. The molecule has 0 aliphatic carbocycles. The van der Waals surface area contributed by atoms with Crippen LogP contribution in [0.3, 0.4) is 0 Å². The molecular weight excluding hydrogens is 234 g/mol. The molecule has 0 bridgehead atoms. The van der Waals surface area contributed by atoms with E-state index in [0.29, 0.717) is 12.4 Å². The fourth-order valence-electron chi connectivity index (χ4n) is 1.53. The Balaban J connectivity index is 2.04. The van der Waals surface area contributed by atoms with Gasteiger partial charge in [0, 0.05) is 7.05 Å². The van der Waals surface area contributed by atoms with E-state index in [0.717, 1.165) is 11.3 Å². The van der Waals surface area contributed by atoms with Gasteiger partial charge in [-0.1, -0.05) is 0 Å². The normalized spacial score (nSPS) is 10.3. The molecule has 0 aromatic carbocycles. The van der Waals surface area contributed by atoms with Crippen molar-refractivity contribution in [2.24, 2.45) is 7.05 Å². The van der Waals surface area contributed by atoms with Crippen LogP contribution in [0.4, 0.5) is 5.82 Å². The lowest BCUT2D eigenvalue weighted by Gasteiger charge is -2.06. The molecule has 18 heavy (non-hydrogen) atoms. The third-order valence-electron chi connectivity index (χ3n) is 2.58. The number of hydrogen-bond acceptors (Lipinski definition) is 5. The van der Waals surface area contributed by atoms with Gasteiger partial charge in [-0.25, -0.2) is 14.8 Å². The van der Waals surface area contributed by atoms with Crippen molar-refractivity contribution in [3.8, 4) is 0 Å². The van der Waals surface area contributed by atoms with E-state index in [1.54, 1.807) is 10.9 Å². The molecule has 2 aromatic heterocycles. The monoisotopic (exact) mass is 247 g/mol. The highest BCUT2D eigenvalue weighted by Gasteiger charge is 2.06. The van der Waals surface area contributed by atoms with Crippen LogP contribution in [0.5, 0.6) is 0 Å². The molecule has 7 heteroatoms. The fourth-order valence-corrected chi connectivity index (χ4v) is 1.53. The Hall–Kier alpha value is -2.44. The molecule has 0 fully saturated rings. The minimum absolute atomic E-state index is 0.0720. The average molecular weight is 247 g/mol. The molecule has 0 saturated carbocycles. The maximum absolute atomic E-state index is 10.6. The summed E-state index contributed by atoms with van der Waals surface area (Å²) in [6.07, 6.45) is 4.41. The van der Waals surface area contributed by atoms with Crippen molar-refractivity contribution < 1.29 is 9.90 Å². The Morgan fingerprint density at radius 3 is 2.67 bits per heavy atom. The molecule has 2 rings (SSSR count). The van der Waals surface area contributed by atoms with Gasteiger partial charge in [-0.05, 0) is 12.5 Å². The number of anilines is 1. The maximum Gasteiger partial charge on any atom is 0.356 e. The molecule has 0 radical (unpaired) electrons. The van der Waals surface area contributed by atoms with E-state index in [9.17, 15) is 4.79 Å². The number of nitrogens with one attached hydrogen (secondary N) is 1. The summed E-state index contributed by atoms with van der Waals surface area (Å²) in [6.45, 7) is 2.53. The van der Waals surface area contributed by atoms with Gasteiger partial charge in [-0.3, -0.25) is 4.68 Å². The molecule has 94 valence electrons. The SMILES string of the molecule is Cc1cnn(C)c1CNc1cnc(C(=O)O)cn1. The standard InChI is InChI=1S/C11H13N5O2/c1-7-3-15-16(2)9(7)5-14-10-6-12-8(4-13-10)11(17)18/h3-4,6H,5H2,1-2H3,(H,13,14)(H,17,18). The van der Waals surface area contributed by atoms with E-state index in [2.05, 4.69) is 20.4 Å². The number of carbonyl (C=O) groups is 1. The third kappa shape index (κ3) is 2.45. The van der Waals surface area contributed by atoms with Crippen molar-refractivity contribution in [2.75, 3.05) is 5.32 Å². The molecule has 0 unspecified atom stereocenters. The predicted molar refractivity (Wildman–Crippen MR) is 64.3 cm³/mol. The van der Waals surface area contributed by atoms with E-state index in [1.165, 1.54) is 12.4 Å². The van der Waals surface area contributed by atoms with Crippen molar-refractivity contribution in [3.05, 3.63) is 35.5 Å². The van der Waals surface area contributed by atoms with Crippen LogP contribution in [0.15, 0.2) is 18.6 Å². The van der Waals surface area contributed by atoms with Gasteiger partial charge in [0.15, 0.2) is 5.69 Å². The van der Waals surface area contributed by atoms with E-state index in [4.69, 9.17) is 5.11 Å². The van der Waals surface area contributed by atoms with Gasteiger partial charge in [-0.2, -0.15) is 5.10 Å². The van der Waals surface area contributed by atoms with Gasteiger partial charge >= 0.3 is 5.97 Å². The Morgan fingerprint density at radius 1 is 1.39 bits per heavy atom. The first-order chi connectivity index (χ1) is 8.58. The zero-order valence-corrected chi connectivity index (χ0v) is 10.1. The topological polar surface area (TPSA) is 92.9 Å². The Bertz CT molecular complexity index is 542. The number of carboxylic acids is 1. The Labute approximate surface area is 104 Å². The minimum Gasteiger partial charge on any atom is -0.476 e. The van der Waals surface area contributed by atoms with Gasteiger partial charge in [0.05, 0.1) is 30.8 Å². The molecule has 0 aliphatic heterocycles. The summed E-state index contributed by atoms with van der Waals surface area (Å²) in [5.41, 5.74) is 2.05. The van der Waals surface area contributed by atoms with E-state index in [-0.39, 0.29) is 5.69 Å². The van der Waals surface area contributed by atoms with Crippen molar-refractivity contribution >= 4 is 11.8 Å². The summed E-state index contributed by atoms with van der Waals surface area (Å²) >= 11 is 0. The highest BCUT2D eigenvalue weighted by atomic mass is 16.4. The summed E-state index contributed by atoms with van der Waals surface area (Å²) in [5.74, 6) is -0.558. The fraction of sp³-hybridized carbons (Fsp3) is 0.273. The van der Waals surface area contributed by atoms with Crippen LogP contribution in [-0.4, -0.2) is 30.8 Å². The van der Waals surface area contributed by atoms with Crippen LogP contribution in [0.1, 0.15) is 21.7 Å². The summed E-state index contributed by atoms with van der Waals surface area (Å²) in [6, 6.07) is 0. The second kappa shape index (κ2) is 4.82. The van der Waals surface area contributed by atoms with Crippen LogP contribution in [0, 0.1) is 6.92 Å². The van der Waals surface area contributed by atoms with Crippen molar-refractivity contribution in [1.82, 2.24) is 19.7 Å². The number of rotatable bonds is 4. The lowest BCUT2D eigenvalue weighted by atomic mass is 10.3. The van der Waals surface area contributed by atoms with Crippen LogP contribution >= 0.6 is 0 Å². The number of carboxylic acid groups (broad SMARTS) is 1. The summed E-state index contributed by atoms with van der Waals surface area (Å²) < 4.78 is 1.78. The van der Waals surface area contributed by atoms with Crippen LogP contribution < -0.4 is 5.32 Å². The van der Waals surface area contributed by atoms with Gasteiger partial charge in [-0.15, -0.1) is 0 Å². The molecule has 2 aromatic rings. The van der Waals surface area contributed by atoms with Gasteiger partial charge < -0.3 is 10.4 Å². The molecule has 2 N–H and O–H groups in total. The molecule has 0 amide bonds. The first-order valence-electron chi connectivity index (χ1n) is 5.34. The summed E-state index contributed by atoms with van der Waals surface area (Å²) in [7, 11) is 1.86. The number of hydrogen-bond donors (Lipinski definition) is 2. The summed E-state index contributed by atoms with van der Waals surface area (Å²) in [4.78, 5) is 18.4. The summed E-state index contributed by atoms with van der Waals surface area (Å²) in [5, 5.41) is 15.9. The largest absolute Gasteiger partial charge is 0.476 e. The van der Waals surface area contributed by atoms with Gasteiger partial charge in [0.1, 0.15) is 5.82 Å². The molecule has 0 atom stereocenters. The van der Waals surface area contributed by atoms with Crippen molar-refractivity contribution in [3.63, 3.8) is 0 Å².